The van der Waals surface area contributed by atoms with Gasteiger partial charge in [0, 0.05) is 0 Å². The van der Waals surface area contributed by atoms with Crippen molar-refractivity contribution in [1.29, 1.82) is 0 Å². The van der Waals surface area contributed by atoms with Crippen molar-refractivity contribution in [3.8, 4) is 0 Å². The molecule has 0 aliphatic heterocycles. The van der Waals surface area contributed by atoms with Gasteiger partial charge in [0.25, 0.3) is 0 Å². The molecule has 0 saturated carbocycles. The van der Waals surface area contributed by atoms with E-state index in [1.165, 1.54) is 0 Å². The van der Waals surface area contributed by atoms with Gasteiger partial charge in [0.1, 0.15) is 0 Å². The summed E-state index contributed by atoms with van der Waals surface area (Å²) in [7, 11) is 0. The van der Waals surface area contributed by atoms with Crippen LogP contribution in [0.25, 0.3) is 0 Å². The van der Waals surface area contributed by atoms with Crippen LogP contribution in [0.2, 0.25) is 0 Å². The average molecular weight is 80.6 g/mol. The summed E-state index contributed by atoms with van der Waals surface area (Å²) in [6, 6.07) is 0. The zero-order chi connectivity index (χ0) is 0. The van der Waals surface area contributed by atoms with Crippen molar-refractivity contribution in [1.82, 2.24) is 0 Å². The molecule has 0 bridgehead atoms. The number of rotatable bonds is 0. The fourth-order valence-electron chi connectivity index (χ4n) is 0. The third kappa shape index (κ3) is 9.84. The molecule has 0 amide bonds. The Kier molecular flexibility index (Phi) is 322. The smallest absolute Gasteiger partial charge is 2.00 e. The third-order valence-electron chi connectivity index (χ3n) is 0. The predicted octanol–water partition coefficient (Wildman–Crippen LogP) is -0.999. The second-order valence-corrected chi connectivity index (χ2v) is 0. The van der Waals surface area contributed by atoms with Crippen LogP contribution < -0.4 is 0 Å². The molecule has 0 aromatic heterocycles. The maximum Gasteiger partial charge on any atom is 2.00 e. The summed E-state index contributed by atoms with van der Waals surface area (Å²) >= 11 is 0. The molecule has 4 heavy (non-hydrogen) atoms. The van der Waals surface area contributed by atoms with Gasteiger partial charge in [-0.2, -0.15) is 0 Å². The predicted molar refractivity (Wildman–Crippen MR) is 12.9 cm³/mol. The van der Waals surface area contributed by atoms with E-state index in [0.717, 1.165) is 0 Å². The summed E-state index contributed by atoms with van der Waals surface area (Å²) in [6.07, 6.45) is 0. The van der Waals surface area contributed by atoms with Crippen LogP contribution in [-0.4, -0.2) is 46.1 Å². The standard InChI is InChI=1S/2Mg.2O/q2*+2;2*-2. The van der Waals surface area contributed by atoms with Crippen molar-refractivity contribution in [2.24, 2.45) is 0 Å². The van der Waals surface area contributed by atoms with Crippen LogP contribution in [-0.2, 0) is 11.0 Å². The second-order valence-electron chi connectivity index (χ2n) is 0. The van der Waals surface area contributed by atoms with Crippen LogP contribution in [0.1, 0.15) is 0 Å². The first-order valence-corrected chi connectivity index (χ1v) is 0. The SMILES string of the molecule is [Mg+2].[Mg+2].[O-2].[O-2]. The van der Waals surface area contributed by atoms with E-state index in [0.29, 0.717) is 0 Å². The van der Waals surface area contributed by atoms with Crippen molar-refractivity contribution in [3.63, 3.8) is 0 Å². The zero-order valence-corrected chi connectivity index (χ0v) is 5.06. The van der Waals surface area contributed by atoms with Crippen molar-refractivity contribution >= 4 is 46.1 Å². The van der Waals surface area contributed by atoms with Crippen LogP contribution in [0.15, 0.2) is 0 Å². The van der Waals surface area contributed by atoms with E-state index in [1.807, 2.05) is 0 Å². The first-order valence-electron chi connectivity index (χ1n) is 0. The molecule has 0 radical (unpaired) electrons. The summed E-state index contributed by atoms with van der Waals surface area (Å²) in [4.78, 5) is 0. The summed E-state index contributed by atoms with van der Waals surface area (Å²) in [6.45, 7) is 0. The van der Waals surface area contributed by atoms with E-state index in [1.54, 1.807) is 0 Å². The first-order chi connectivity index (χ1) is 0. The zero-order valence-electron chi connectivity index (χ0n) is 2.23. The molecule has 0 spiro atoms. The fraction of sp³-hybridized carbons (Fsp3) is 0. The number of hydrogen-bond acceptors (Lipinski definition) is 0. The molecule has 4 heteroatoms. The molecular formula is Mg2O2. The molecule has 0 aliphatic carbocycles. The number of hydrogen-bond donors (Lipinski definition) is 0. The van der Waals surface area contributed by atoms with Gasteiger partial charge in [-0.3, -0.25) is 0 Å². The first kappa shape index (κ1) is 51.2. The van der Waals surface area contributed by atoms with Gasteiger partial charge in [0.2, 0.25) is 0 Å². The molecule has 0 fully saturated rings. The summed E-state index contributed by atoms with van der Waals surface area (Å²) in [5.41, 5.74) is 0. The summed E-state index contributed by atoms with van der Waals surface area (Å²) in [5, 5.41) is 0. The van der Waals surface area contributed by atoms with Gasteiger partial charge in [0.15, 0.2) is 0 Å². The van der Waals surface area contributed by atoms with Crippen LogP contribution in [0, 0.1) is 0 Å². The molecule has 0 aromatic carbocycles. The Morgan fingerprint density at radius 2 is 0.500 bits per heavy atom. The minimum atomic E-state index is 0. The van der Waals surface area contributed by atoms with E-state index in [9.17, 15) is 0 Å². The topological polar surface area (TPSA) is 57.0 Å². The van der Waals surface area contributed by atoms with E-state index in [4.69, 9.17) is 0 Å². The maximum absolute atomic E-state index is 0. The molecule has 2 nitrogen and oxygen atoms in total. The Hall–Kier alpha value is 1.45. The molecule has 0 N–H and O–H groups in total. The molecule has 0 atom stereocenters. The minimum Gasteiger partial charge on any atom is -2.00 e. The van der Waals surface area contributed by atoms with E-state index < -0.39 is 0 Å². The van der Waals surface area contributed by atoms with Crippen LogP contribution in [0.4, 0.5) is 0 Å². The quantitative estimate of drug-likeness (QED) is 0.335. The molecule has 0 aromatic rings. The van der Waals surface area contributed by atoms with E-state index in [2.05, 4.69) is 0 Å². The maximum atomic E-state index is 0. The Bertz CT molecular complexity index is 4.00. The van der Waals surface area contributed by atoms with Crippen LogP contribution >= 0.6 is 0 Å². The van der Waals surface area contributed by atoms with Crippen LogP contribution in [0.5, 0.6) is 0 Å². The Morgan fingerprint density at radius 1 is 0.500 bits per heavy atom. The molecule has 16 valence electrons. The third-order valence-corrected chi connectivity index (χ3v) is 0. The van der Waals surface area contributed by atoms with Gasteiger partial charge < -0.3 is 11.0 Å². The van der Waals surface area contributed by atoms with Gasteiger partial charge >= 0.3 is 46.1 Å². The second kappa shape index (κ2) is 25.2. The normalized spacial score (nSPS) is 0. The molecular weight excluding hydrogens is 80.6 g/mol. The molecule has 0 heterocycles. The van der Waals surface area contributed by atoms with Crippen molar-refractivity contribution in [3.05, 3.63) is 0 Å². The summed E-state index contributed by atoms with van der Waals surface area (Å²) in [5.74, 6) is 0. The van der Waals surface area contributed by atoms with Gasteiger partial charge in [0.05, 0.1) is 0 Å². The molecule has 0 aliphatic rings. The Balaban J connectivity index is 0. The van der Waals surface area contributed by atoms with Crippen molar-refractivity contribution < 1.29 is 11.0 Å². The van der Waals surface area contributed by atoms with Crippen molar-refractivity contribution in [2.75, 3.05) is 0 Å². The van der Waals surface area contributed by atoms with E-state index >= 15 is 0 Å². The monoisotopic (exact) mass is 80.0 g/mol. The largest absolute Gasteiger partial charge is 2.00 e. The Labute approximate surface area is 56.9 Å². The minimum absolute atomic E-state index is 0. The Morgan fingerprint density at radius 3 is 0.500 bits per heavy atom. The van der Waals surface area contributed by atoms with Crippen molar-refractivity contribution in [2.45, 2.75) is 0 Å². The van der Waals surface area contributed by atoms with Gasteiger partial charge in [-0.25, -0.2) is 0 Å². The van der Waals surface area contributed by atoms with Gasteiger partial charge in [-0.05, 0) is 0 Å². The fourth-order valence-corrected chi connectivity index (χ4v) is 0. The molecule has 0 unspecified atom stereocenters. The van der Waals surface area contributed by atoms with E-state index in [-0.39, 0.29) is 57.1 Å². The summed E-state index contributed by atoms with van der Waals surface area (Å²) < 4.78 is 0. The van der Waals surface area contributed by atoms with Gasteiger partial charge in [-0.15, -0.1) is 0 Å². The average Bonchev–Trinajstić information content (AvgIpc) is 0. The van der Waals surface area contributed by atoms with Gasteiger partial charge in [-0.1, -0.05) is 0 Å². The van der Waals surface area contributed by atoms with Crippen LogP contribution in [0.3, 0.4) is 0 Å². The molecule has 0 saturated heterocycles. The molecule has 0 rings (SSSR count).